The molecule has 0 saturated carbocycles. The van der Waals surface area contributed by atoms with E-state index in [1.54, 1.807) is 0 Å². The summed E-state index contributed by atoms with van der Waals surface area (Å²) in [5, 5.41) is 0. The van der Waals surface area contributed by atoms with E-state index in [4.69, 9.17) is 14.2 Å². The van der Waals surface area contributed by atoms with Crippen LogP contribution in [0.1, 0.15) is 162 Å². The molecule has 1 atom stereocenters. The summed E-state index contributed by atoms with van der Waals surface area (Å²) < 4.78 is 16.6. The molecule has 0 spiro atoms. The number of hydrogen-bond acceptors (Lipinski definition) is 6. The highest BCUT2D eigenvalue weighted by atomic mass is 16.6. The summed E-state index contributed by atoms with van der Waals surface area (Å²) in [6.45, 7) is 6.21. The summed E-state index contributed by atoms with van der Waals surface area (Å²) in [5.41, 5.74) is 0. The second-order valence-corrected chi connectivity index (χ2v) is 13.6. The summed E-state index contributed by atoms with van der Waals surface area (Å²) in [6, 6.07) is 0. The number of allylic oxidation sites excluding steroid dienone is 18. The third-order valence-electron chi connectivity index (χ3n) is 8.37. The molecule has 0 rings (SSSR count). The molecular weight excluding hydrogens is 685 g/mol. The molecule has 0 bridgehead atoms. The van der Waals surface area contributed by atoms with Gasteiger partial charge in [-0.1, -0.05) is 162 Å². The van der Waals surface area contributed by atoms with Gasteiger partial charge in [0, 0.05) is 19.3 Å². The molecule has 0 N–H and O–H groups in total. The van der Waals surface area contributed by atoms with Crippen LogP contribution in [0.2, 0.25) is 0 Å². The van der Waals surface area contributed by atoms with Crippen molar-refractivity contribution in [3.8, 4) is 0 Å². The third kappa shape index (κ3) is 41.1. The van der Waals surface area contributed by atoms with Crippen molar-refractivity contribution in [3.63, 3.8) is 0 Å². The first-order valence-corrected chi connectivity index (χ1v) is 21.5. The van der Waals surface area contributed by atoms with Gasteiger partial charge in [0.15, 0.2) is 6.10 Å². The first-order chi connectivity index (χ1) is 27.0. The Labute approximate surface area is 336 Å². The van der Waals surface area contributed by atoms with Gasteiger partial charge in [-0.25, -0.2) is 0 Å². The van der Waals surface area contributed by atoms with Gasteiger partial charge in [0.25, 0.3) is 0 Å². The maximum Gasteiger partial charge on any atom is 0.306 e. The van der Waals surface area contributed by atoms with Crippen LogP contribution in [0.4, 0.5) is 0 Å². The predicted octanol–water partition coefficient (Wildman–Crippen LogP) is 13.6. The Kier molecular flexibility index (Phi) is 39.7. The standard InChI is InChI=1S/C49H76O6/c1-4-7-10-13-16-19-22-24-25-26-28-30-33-36-39-42-48(51)54-45-46(44-53-47(50)41-38-35-32-29-21-18-15-12-9-6-3)55-49(52)43-40-37-34-31-27-23-20-17-14-11-8-5-2/h7-8,10-11,13,15-20,22,24-28,31,46H,4-6,9,12,14,21,23,29-30,32-45H2,1-3H3/b10-7-,11-8-,16-13-,18-15-,20-17-,22-19-,25-24-,28-26-,31-27-. The summed E-state index contributed by atoms with van der Waals surface area (Å²) in [4.78, 5) is 37.6. The second-order valence-electron chi connectivity index (χ2n) is 13.6. The minimum Gasteiger partial charge on any atom is -0.462 e. The normalized spacial score (nSPS) is 13.1. The van der Waals surface area contributed by atoms with Crippen LogP contribution in [-0.4, -0.2) is 37.2 Å². The molecule has 0 heterocycles. The fraction of sp³-hybridized carbons (Fsp3) is 0.571. The van der Waals surface area contributed by atoms with Crippen LogP contribution in [-0.2, 0) is 28.6 Å². The zero-order valence-corrected chi connectivity index (χ0v) is 34.9. The fourth-order valence-corrected chi connectivity index (χ4v) is 5.16. The molecule has 0 fully saturated rings. The van der Waals surface area contributed by atoms with Crippen molar-refractivity contribution in [2.24, 2.45) is 0 Å². The van der Waals surface area contributed by atoms with Crippen molar-refractivity contribution >= 4 is 17.9 Å². The minimum absolute atomic E-state index is 0.117. The maximum atomic E-state index is 12.7. The van der Waals surface area contributed by atoms with Crippen molar-refractivity contribution in [3.05, 3.63) is 109 Å². The van der Waals surface area contributed by atoms with E-state index >= 15 is 0 Å². The van der Waals surface area contributed by atoms with Gasteiger partial charge in [-0.05, 0) is 89.9 Å². The number of rotatable bonds is 36. The average Bonchev–Trinajstić information content (AvgIpc) is 3.18. The first kappa shape index (κ1) is 51.1. The van der Waals surface area contributed by atoms with Crippen LogP contribution in [0.25, 0.3) is 0 Å². The van der Waals surface area contributed by atoms with E-state index in [0.29, 0.717) is 19.3 Å². The number of carbonyl (C=O) groups excluding carboxylic acids is 3. The minimum atomic E-state index is -0.819. The molecule has 0 aromatic carbocycles. The van der Waals surface area contributed by atoms with Crippen molar-refractivity contribution in [1.82, 2.24) is 0 Å². The van der Waals surface area contributed by atoms with Gasteiger partial charge >= 0.3 is 17.9 Å². The van der Waals surface area contributed by atoms with Gasteiger partial charge < -0.3 is 14.2 Å². The van der Waals surface area contributed by atoms with Crippen LogP contribution in [0, 0.1) is 0 Å². The van der Waals surface area contributed by atoms with E-state index in [2.05, 4.69) is 81.5 Å². The van der Waals surface area contributed by atoms with E-state index in [1.165, 1.54) is 12.8 Å². The lowest BCUT2D eigenvalue weighted by Crippen LogP contribution is -2.30. The van der Waals surface area contributed by atoms with E-state index in [0.717, 1.165) is 103 Å². The Bertz CT molecular complexity index is 1200. The van der Waals surface area contributed by atoms with Crippen molar-refractivity contribution in [2.45, 2.75) is 168 Å². The third-order valence-corrected chi connectivity index (χ3v) is 8.37. The lowest BCUT2D eigenvalue weighted by Gasteiger charge is -2.18. The lowest BCUT2D eigenvalue weighted by atomic mass is 10.1. The first-order valence-electron chi connectivity index (χ1n) is 21.5. The maximum absolute atomic E-state index is 12.7. The number of carbonyl (C=O) groups is 3. The Balaban J connectivity index is 4.56. The van der Waals surface area contributed by atoms with Gasteiger partial charge in [0.05, 0.1) is 0 Å². The van der Waals surface area contributed by atoms with Crippen molar-refractivity contribution in [1.29, 1.82) is 0 Å². The van der Waals surface area contributed by atoms with Crippen LogP contribution in [0.3, 0.4) is 0 Å². The highest BCUT2D eigenvalue weighted by Crippen LogP contribution is 2.11. The molecule has 0 saturated heterocycles. The van der Waals surface area contributed by atoms with Gasteiger partial charge in [-0.15, -0.1) is 0 Å². The van der Waals surface area contributed by atoms with Gasteiger partial charge in [-0.2, -0.15) is 0 Å². The molecule has 1 unspecified atom stereocenters. The molecule has 0 aliphatic heterocycles. The van der Waals surface area contributed by atoms with Gasteiger partial charge in [-0.3, -0.25) is 14.4 Å². The highest BCUT2D eigenvalue weighted by Gasteiger charge is 2.19. The summed E-state index contributed by atoms with van der Waals surface area (Å²) in [5.74, 6) is -1.03. The van der Waals surface area contributed by atoms with Crippen LogP contribution < -0.4 is 0 Å². The summed E-state index contributed by atoms with van der Waals surface area (Å²) in [6.07, 6.45) is 56.5. The van der Waals surface area contributed by atoms with E-state index in [1.807, 2.05) is 48.6 Å². The molecule has 0 aromatic heterocycles. The highest BCUT2D eigenvalue weighted by molar-refractivity contribution is 5.71. The van der Waals surface area contributed by atoms with Crippen LogP contribution >= 0.6 is 0 Å². The predicted molar refractivity (Wildman–Crippen MR) is 233 cm³/mol. The molecule has 6 heteroatoms. The topological polar surface area (TPSA) is 78.9 Å². The molecule has 308 valence electrons. The Hall–Kier alpha value is -3.93. The number of esters is 3. The number of hydrogen-bond donors (Lipinski definition) is 0. The van der Waals surface area contributed by atoms with Crippen molar-refractivity contribution < 1.29 is 28.6 Å². The molecule has 0 radical (unpaired) electrons. The smallest absolute Gasteiger partial charge is 0.306 e. The van der Waals surface area contributed by atoms with Crippen molar-refractivity contribution in [2.75, 3.05) is 13.2 Å². The van der Waals surface area contributed by atoms with E-state index in [-0.39, 0.29) is 37.5 Å². The Morgan fingerprint density at radius 2 is 0.800 bits per heavy atom. The molecule has 0 amide bonds. The quantitative estimate of drug-likeness (QED) is 0.0208. The lowest BCUT2D eigenvalue weighted by molar-refractivity contribution is -0.167. The molecule has 6 nitrogen and oxygen atoms in total. The monoisotopic (exact) mass is 761 g/mol. The van der Waals surface area contributed by atoms with Crippen LogP contribution in [0.15, 0.2) is 109 Å². The summed E-state index contributed by atoms with van der Waals surface area (Å²) in [7, 11) is 0. The Morgan fingerprint density at radius 1 is 0.400 bits per heavy atom. The molecule has 0 aliphatic carbocycles. The number of unbranched alkanes of at least 4 members (excludes halogenated alkanes) is 11. The SMILES string of the molecule is CC\C=C/C=C\C=C/C=C\C=C/CCCCCC(=O)OCC(COC(=O)CCCCCC/C=C\CCCC)OC(=O)CCCC/C=C\C/C=C\C/C=C\CC. The fourth-order valence-electron chi connectivity index (χ4n) is 5.16. The average molecular weight is 761 g/mol. The molecule has 0 aromatic rings. The molecule has 55 heavy (non-hydrogen) atoms. The Morgan fingerprint density at radius 3 is 1.38 bits per heavy atom. The van der Waals surface area contributed by atoms with Gasteiger partial charge in [0.1, 0.15) is 13.2 Å². The van der Waals surface area contributed by atoms with E-state index < -0.39 is 6.10 Å². The van der Waals surface area contributed by atoms with Crippen LogP contribution in [0.5, 0.6) is 0 Å². The number of ether oxygens (including phenoxy) is 3. The van der Waals surface area contributed by atoms with E-state index in [9.17, 15) is 14.4 Å². The summed E-state index contributed by atoms with van der Waals surface area (Å²) >= 11 is 0. The molecule has 0 aliphatic rings. The molecular formula is C49H76O6. The zero-order chi connectivity index (χ0) is 40.1. The zero-order valence-electron chi connectivity index (χ0n) is 34.9. The largest absolute Gasteiger partial charge is 0.462 e. The van der Waals surface area contributed by atoms with Gasteiger partial charge in [0.2, 0.25) is 0 Å². The second kappa shape index (κ2) is 42.8.